The third kappa shape index (κ3) is 25.8. The Balaban J connectivity index is 3.70. The molecule has 0 heterocycles. The topological polar surface area (TPSA) is 154 Å². The van der Waals surface area contributed by atoms with Crippen molar-refractivity contribution in [2.45, 2.75) is 44.6 Å². The minimum atomic E-state index is -3.69. The molecule has 0 aliphatic carbocycles. The zero-order valence-electron chi connectivity index (χ0n) is 21.4. The number of hydrogen-bond acceptors (Lipinski definition) is 10. The van der Waals surface area contributed by atoms with Crippen molar-refractivity contribution in [2.75, 3.05) is 86.8 Å². The molecule has 13 heteroatoms. The van der Waals surface area contributed by atoms with Gasteiger partial charge in [0.1, 0.15) is 13.7 Å². The Morgan fingerprint density at radius 2 is 1.34 bits per heavy atom. The predicted octanol–water partition coefficient (Wildman–Crippen LogP) is 0.470. The Morgan fingerprint density at radius 1 is 0.771 bits per heavy atom. The molecule has 0 aromatic heterocycles. The Morgan fingerprint density at radius 3 is 1.94 bits per heavy atom. The van der Waals surface area contributed by atoms with E-state index in [1.165, 1.54) is 0 Å². The van der Waals surface area contributed by atoms with Crippen molar-refractivity contribution in [1.82, 2.24) is 10.6 Å². The maximum absolute atomic E-state index is 11.9. The SMILES string of the molecule is COCCOCC(COCCCNC(=O)CCCC(=O)NCCCCOP(C)(=O)[O-])OCCOC. The Kier molecular flexibility index (Phi) is 22.6. The first-order valence-corrected chi connectivity index (χ1v) is 14.0. The van der Waals surface area contributed by atoms with Crippen LogP contribution in [0.25, 0.3) is 0 Å². The normalized spacial score (nSPS) is 13.8. The molecule has 0 saturated heterocycles. The molecule has 2 amide bonds. The first-order chi connectivity index (χ1) is 16.8. The lowest BCUT2D eigenvalue weighted by molar-refractivity contribution is -0.196. The van der Waals surface area contributed by atoms with Gasteiger partial charge in [-0.2, -0.15) is 0 Å². The van der Waals surface area contributed by atoms with Crippen LogP contribution in [0.3, 0.4) is 0 Å². The minimum Gasteiger partial charge on any atom is -0.779 e. The van der Waals surface area contributed by atoms with Gasteiger partial charge in [0.15, 0.2) is 0 Å². The number of ether oxygens (including phenoxy) is 5. The Hall–Kier alpha value is -1.11. The fraction of sp³-hybridized carbons (Fsp3) is 0.909. The van der Waals surface area contributed by atoms with Crippen LogP contribution >= 0.6 is 7.60 Å². The van der Waals surface area contributed by atoms with E-state index >= 15 is 0 Å². The van der Waals surface area contributed by atoms with Gasteiger partial charge in [0.2, 0.25) is 11.8 Å². The summed E-state index contributed by atoms with van der Waals surface area (Å²) in [6.07, 6.45) is 2.59. The molecule has 0 saturated carbocycles. The predicted molar refractivity (Wildman–Crippen MR) is 128 cm³/mol. The van der Waals surface area contributed by atoms with Gasteiger partial charge in [-0.15, -0.1) is 0 Å². The van der Waals surface area contributed by atoms with Gasteiger partial charge in [0, 0.05) is 53.4 Å². The molecule has 0 aliphatic rings. The fourth-order valence-electron chi connectivity index (χ4n) is 2.69. The molecule has 0 fully saturated rings. The van der Waals surface area contributed by atoms with Gasteiger partial charge in [-0.25, -0.2) is 0 Å². The molecular weight excluding hydrogens is 483 g/mol. The number of unbranched alkanes of at least 4 members (excludes halogenated alkanes) is 1. The van der Waals surface area contributed by atoms with Crippen LogP contribution < -0.4 is 15.5 Å². The van der Waals surface area contributed by atoms with Crippen LogP contribution in [-0.2, 0) is 42.4 Å². The molecule has 2 atom stereocenters. The van der Waals surface area contributed by atoms with Crippen molar-refractivity contribution in [2.24, 2.45) is 0 Å². The number of nitrogens with one attached hydrogen (secondary N) is 2. The zero-order valence-corrected chi connectivity index (χ0v) is 22.3. The van der Waals surface area contributed by atoms with Crippen LogP contribution in [0.5, 0.6) is 0 Å². The van der Waals surface area contributed by atoms with Gasteiger partial charge in [0.05, 0.1) is 46.2 Å². The van der Waals surface area contributed by atoms with Crippen LogP contribution in [0.1, 0.15) is 38.5 Å². The van der Waals surface area contributed by atoms with E-state index < -0.39 is 7.60 Å². The summed E-state index contributed by atoms with van der Waals surface area (Å²) in [5.74, 6) is -0.241. The van der Waals surface area contributed by atoms with Gasteiger partial charge in [0.25, 0.3) is 0 Å². The number of carbonyl (C=O) groups is 2. The maximum atomic E-state index is 11.9. The largest absolute Gasteiger partial charge is 0.779 e. The molecule has 2 N–H and O–H groups in total. The highest BCUT2D eigenvalue weighted by molar-refractivity contribution is 7.50. The van der Waals surface area contributed by atoms with E-state index in [0.29, 0.717) is 85.0 Å². The van der Waals surface area contributed by atoms with E-state index in [0.717, 1.165) is 6.66 Å². The highest BCUT2D eigenvalue weighted by Gasteiger charge is 2.10. The van der Waals surface area contributed by atoms with Crippen LogP contribution in [0.15, 0.2) is 0 Å². The van der Waals surface area contributed by atoms with E-state index in [1.807, 2.05) is 0 Å². The molecule has 0 bridgehead atoms. The lowest BCUT2D eigenvalue weighted by Gasteiger charge is -2.18. The van der Waals surface area contributed by atoms with Crippen LogP contribution in [0.4, 0.5) is 0 Å². The molecule has 35 heavy (non-hydrogen) atoms. The Bertz CT molecular complexity index is 576. The van der Waals surface area contributed by atoms with Gasteiger partial charge >= 0.3 is 0 Å². The number of methoxy groups -OCH3 is 2. The third-order valence-corrected chi connectivity index (χ3v) is 5.15. The summed E-state index contributed by atoms with van der Waals surface area (Å²) in [7, 11) is -0.463. The van der Waals surface area contributed by atoms with Crippen molar-refractivity contribution in [1.29, 1.82) is 0 Å². The second kappa shape index (κ2) is 23.3. The van der Waals surface area contributed by atoms with Gasteiger partial charge in [-0.05, 0) is 25.7 Å². The zero-order chi connectivity index (χ0) is 26.2. The molecule has 0 aromatic rings. The number of rotatable bonds is 25. The summed E-state index contributed by atoms with van der Waals surface area (Å²) < 4.78 is 42.3. The highest BCUT2D eigenvalue weighted by atomic mass is 31.2. The van der Waals surface area contributed by atoms with Gasteiger partial charge < -0.3 is 48.3 Å². The van der Waals surface area contributed by atoms with Crippen LogP contribution in [0, 0.1) is 0 Å². The summed E-state index contributed by atoms with van der Waals surface area (Å²) >= 11 is 0. The molecule has 208 valence electrons. The standard InChI is InChI=1S/C22H45N2O10P/c1-29-14-16-32-19-20(33-17-15-30-2)18-31-12-7-11-24-22(26)9-6-8-21(25)23-10-4-5-13-34-35(3,27)28/h20H,4-19H2,1-3H3,(H,23,25)(H,24,26)(H,27,28)/p-1. The lowest BCUT2D eigenvalue weighted by atomic mass is 10.2. The lowest BCUT2D eigenvalue weighted by Crippen LogP contribution is -2.29. The van der Waals surface area contributed by atoms with E-state index in [1.54, 1.807) is 14.2 Å². The highest BCUT2D eigenvalue weighted by Crippen LogP contribution is 2.30. The van der Waals surface area contributed by atoms with Crippen LogP contribution in [-0.4, -0.2) is 105 Å². The van der Waals surface area contributed by atoms with Crippen LogP contribution in [0.2, 0.25) is 0 Å². The third-order valence-electron chi connectivity index (χ3n) is 4.49. The van der Waals surface area contributed by atoms with Crippen molar-refractivity contribution in [3.8, 4) is 0 Å². The molecule has 0 rings (SSSR count). The monoisotopic (exact) mass is 527 g/mol. The Labute approximate surface area is 209 Å². The van der Waals surface area contributed by atoms with E-state index in [-0.39, 0.29) is 37.4 Å². The van der Waals surface area contributed by atoms with E-state index in [4.69, 9.17) is 23.7 Å². The number of hydrogen-bond donors (Lipinski definition) is 2. The summed E-state index contributed by atoms with van der Waals surface area (Å²) in [4.78, 5) is 34.5. The van der Waals surface area contributed by atoms with Crippen molar-refractivity contribution < 1.29 is 47.3 Å². The second-order valence-electron chi connectivity index (χ2n) is 7.85. The molecule has 12 nitrogen and oxygen atoms in total. The smallest absolute Gasteiger partial charge is 0.220 e. The first kappa shape index (κ1) is 33.9. The molecule has 0 radical (unpaired) electrons. The number of carbonyl (C=O) groups excluding carboxylic acids is 2. The molecule has 0 aliphatic heterocycles. The summed E-state index contributed by atoms with van der Waals surface area (Å²) in [5, 5.41) is 5.56. The summed E-state index contributed by atoms with van der Waals surface area (Å²) in [6, 6.07) is 0. The molecule has 0 aromatic carbocycles. The van der Waals surface area contributed by atoms with Gasteiger partial charge in [-0.1, -0.05) is 0 Å². The van der Waals surface area contributed by atoms with Crippen molar-refractivity contribution in [3.05, 3.63) is 0 Å². The van der Waals surface area contributed by atoms with Crippen molar-refractivity contribution >= 4 is 19.4 Å². The number of amides is 2. The minimum absolute atomic E-state index is 0.108. The second-order valence-corrected chi connectivity index (χ2v) is 9.65. The van der Waals surface area contributed by atoms with Crippen molar-refractivity contribution in [3.63, 3.8) is 0 Å². The average Bonchev–Trinajstić information content (AvgIpc) is 2.80. The van der Waals surface area contributed by atoms with Gasteiger partial charge in [-0.3, -0.25) is 9.59 Å². The summed E-state index contributed by atoms with van der Waals surface area (Å²) in [5.41, 5.74) is 0. The maximum Gasteiger partial charge on any atom is 0.220 e. The molecule has 2 unspecified atom stereocenters. The van der Waals surface area contributed by atoms with E-state index in [2.05, 4.69) is 15.2 Å². The quantitative estimate of drug-likeness (QED) is 0.126. The molecular formula is C22H44N2O10P-. The first-order valence-electron chi connectivity index (χ1n) is 12.0. The summed E-state index contributed by atoms with van der Waals surface area (Å²) in [6.45, 7) is 5.26. The average molecular weight is 528 g/mol. The molecule has 0 spiro atoms. The van der Waals surface area contributed by atoms with E-state index in [9.17, 15) is 19.0 Å². The fourth-order valence-corrected chi connectivity index (χ4v) is 3.15.